The van der Waals surface area contributed by atoms with Crippen molar-refractivity contribution in [2.75, 3.05) is 62.8 Å². The molecular formula is C19H31IN4O2S3. The number of nitrogens with zero attached hydrogens (tertiary/aromatic N) is 3. The lowest BCUT2D eigenvalue weighted by Crippen LogP contribution is -2.45. The molecule has 164 valence electrons. The molecule has 1 aromatic carbocycles. The standard InChI is InChI=1S/C19H30N4O2S3.HI/c1-20-19(21-8-14-28(24,25)23-10-12-26-13-11-23)22-9-7-17(15-22)16-27-18-5-3-2-4-6-18;/h2-6,17H,7-16H2,1H3,(H,20,21);1H. The van der Waals surface area contributed by atoms with E-state index < -0.39 is 10.0 Å². The van der Waals surface area contributed by atoms with Crippen molar-refractivity contribution in [2.24, 2.45) is 10.9 Å². The summed E-state index contributed by atoms with van der Waals surface area (Å²) in [6.07, 6.45) is 1.14. The smallest absolute Gasteiger partial charge is 0.215 e. The molecule has 0 aliphatic carbocycles. The van der Waals surface area contributed by atoms with Gasteiger partial charge in [0.15, 0.2) is 5.96 Å². The summed E-state index contributed by atoms with van der Waals surface area (Å²) in [5.74, 6) is 4.45. The molecule has 0 radical (unpaired) electrons. The number of guanidine groups is 1. The minimum atomic E-state index is -3.18. The maximum absolute atomic E-state index is 12.5. The molecule has 1 unspecified atom stereocenters. The predicted molar refractivity (Wildman–Crippen MR) is 136 cm³/mol. The number of sulfonamides is 1. The third-order valence-electron chi connectivity index (χ3n) is 5.03. The van der Waals surface area contributed by atoms with E-state index in [1.165, 1.54) is 4.90 Å². The van der Waals surface area contributed by atoms with Gasteiger partial charge in [-0.15, -0.1) is 35.7 Å². The molecule has 1 N–H and O–H groups in total. The number of nitrogens with one attached hydrogen (secondary N) is 1. The Morgan fingerprint density at radius 1 is 1.24 bits per heavy atom. The molecule has 2 fully saturated rings. The van der Waals surface area contributed by atoms with Crippen molar-refractivity contribution < 1.29 is 8.42 Å². The fourth-order valence-corrected chi connectivity index (χ4v) is 7.01. The highest BCUT2D eigenvalue weighted by Gasteiger charge is 2.26. The molecule has 2 heterocycles. The van der Waals surface area contributed by atoms with Crippen LogP contribution in [0.3, 0.4) is 0 Å². The number of halogens is 1. The van der Waals surface area contributed by atoms with Crippen molar-refractivity contribution >= 4 is 63.5 Å². The topological polar surface area (TPSA) is 65.0 Å². The first-order valence-electron chi connectivity index (χ1n) is 9.77. The van der Waals surface area contributed by atoms with Crippen molar-refractivity contribution in [3.63, 3.8) is 0 Å². The summed E-state index contributed by atoms with van der Waals surface area (Å²) in [4.78, 5) is 7.93. The molecule has 2 aliphatic rings. The minimum Gasteiger partial charge on any atom is -0.355 e. The van der Waals surface area contributed by atoms with Crippen molar-refractivity contribution in [3.8, 4) is 0 Å². The van der Waals surface area contributed by atoms with E-state index in [-0.39, 0.29) is 29.7 Å². The van der Waals surface area contributed by atoms with E-state index in [1.807, 2.05) is 29.6 Å². The third-order valence-corrected chi connectivity index (χ3v) is 9.09. The number of benzene rings is 1. The Labute approximate surface area is 200 Å². The lowest BCUT2D eigenvalue weighted by Gasteiger charge is -2.26. The molecule has 2 aliphatic heterocycles. The Morgan fingerprint density at radius 3 is 2.66 bits per heavy atom. The highest BCUT2D eigenvalue weighted by atomic mass is 127. The van der Waals surface area contributed by atoms with E-state index in [1.54, 1.807) is 11.4 Å². The van der Waals surface area contributed by atoms with Gasteiger partial charge in [0.2, 0.25) is 10.0 Å². The van der Waals surface area contributed by atoms with Gasteiger partial charge >= 0.3 is 0 Å². The van der Waals surface area contributed by atoms with Crippen LogP contribution in [0.15, 0.2) is 40.2 Å². The van der Waals surface area contributed by atoms with Gasteiger partial charge in [-0.25, -0.2) is 12.7 Å². The van der Waals surface area contributed by atoms with Crippen molar-refractivity contribution in [2.45, 2.75) is 11.3 Å². The second-order valence-electron chi connectivity index (χ2n) is 7.03. The molecule has 1 aromatic rings. The Kier molecular flexibility index (Phi) is 10.9. The van der Waals surface area contributed by atoms with Gasteiger partial charge in [-0.1, -0.05) is 18.2 Å². The number of aliphatic imine (C=N–C) groups is 1. The first kappa shape index (κ1) is 25.1. The molecule has 6 nitrogen and oxygen atoms in total. The Hall–Kier alpha value is -0.170. The van der Waals surface area contributed by atoms with Crippen molar-refractivity contribution in [1.82, 2.24) is 14.5 Å². The van der Waals surface area contributed by atoms with Crippen LogP contribution in [-0.2, 0) is 10.0 Å². The molecule has 1 atom stereocenters. The Balaban J connectivity index is 0.00000300. The van der Waals surface area contributed by atoms with Crippen LogP contribution in [0.5, 0.6) is 0 Å². The van der Waals surface area contributed by atoms with Crippen LogP contribution < -0.4 is 5.32 Å². The van der Waals surface area contributed by atoms with Crippen LogP contribution in [0.1, 0.15) is 6.42 Å². The largest absolute Gasteiger partial charge is 0.355 e. The highest BCUT2D eigenvalue weighted by molar-refractivity contribution is 14.0. The van der Waals surface area contributed by atoms with Gasteiger partial charge in [0.05, 0.1) is 5.75 Å². The van der Waals surface area contributed by atoms with Crippen LogP contribution in [-0.4, -0.2) is 86.4 Å². The van der Waals surface area contributed by atoms with Crippen LogP contribution in [0.4, 0.5) is 0 Å². The number of hydrogen-bond acceptors (Lipinski definition) is 5. The molecule has 29 heavy (non-hydrogen) atoms. The predicted octanol–water partition coefficient (Wildman–Crippen LogP) is 2.67. The average Bonchev–Trinajstić information content (AvgIpc) is 3.20. The van der Waals surface area contributed by atoms with Crippen LogP contribution in [0.25, 0.3) is 0 Å². The summed E-state index contributed by atoms with van der Waals surface area (Å²) in [7, 11) is -1.41. The Bertz CT molecular complexity index is 743. The Morgan fingerprint density at radius 2 is 1.97 bits per heavy atom. The van der Waals surface area contributed by atoms with E-state index in [9.17, 15) is 8.42 Å². The third kappa shape index (κ3) is 7.79. The number of likely N-dealkylation sites (tertiary alicyclic amines) is 1. The van der Waals surface area contributed by atoms with Crippen LogP contribution >= 0.6 is 47.5 Å². The van der Waals surface area contributed by atoms with Gasteiger partial charge in [0.1, 0.15) is 0 Å². The van der Waals surface area contributed by atoms with Crippen LogP contribution in [0.2, 0.25) is 0 Å². The van der Waals surface area contributed by atoms with Crippen LogP contribution in [0, 0.1) is 5.92 Å². The van der Waals surface area contributed by atoms with Gasteiger partial charge in [0.25, 0.3) is 0 Å². The van der Waals surface area contributed by atoms with E-state index in [2.05, 4.69) is 39.5 Å². The minimum absolute atomic E-state index is 0. The molecule has 2 saturated heterocycles. The summed E-state index contributed by atoms with van der Waals surface area (Å²) < 4.78 is 26.6. The lowest BCUT2D eigenvalue weighted by atomic mass is 10.2. The SMILES string of the molecule is CN=C(NCCS(=O)(=O)N1CCSCC1)N1CCC(CSc2ccccc2)C1.I. The van der Waals surface area contributed by atoms with Gasteiger partial charge in [-0.3, -0.25) is 4.99 Å². The quantitative estimate of drug-likeness (QED) is 0.236. The van der Waals surface area contributed by atoms with E-state index in [0.29, 0.717) is 25.6 Å². The maximum atomic E-state index is 12.5. The normalized spacial score (nSPS) is 21.1. The summed E-state index contributed by atoms with van der Waals surface area (Å²) in [5.41, 5.74) is 0. The van der Waals surface area contributed by atoms with Gasteiger partial charge in [0, 0.05) is 61.9 Å². The fraction of sp³-hybridized carbons (Fsp3) is 0.632. The fourth-order valence-electron chi connectivity index (χ4n) is 3.47. The summed E-state index contributed by atoms with van der Waals surface area (Å²) in [6, 6.07) is 10.5. The zero-order valence-electron chi connectivity index (χ0n) is 16.8. The lowest BCUT2D eigenvalue weighted by molar-refractivity contribution is 0.442. The van der Waals surface area contributed by atoms with Gasteiger partial charge in [-0.05, 0) is 24.5 Å². The maximum Gasteiger partial charge on any atom is 0.215 e. The first-order valence-corrected chi connectivity index (χ1v) is 13.5. The molecule has 0 saturated carbocycles. The first-order chi connectivity index (χ1) is 13.6. The zero-order chi connectivity index (χ0) is 19.8. The van der Waals surface area contributed by atoms with Crippen molar-refractivity contribution in [3.05, 3.63) is 30.3 Å². The molecule has 0 bridgehead atoms. The summed E-state index contributed by atoms with van der Waals surface area (Å²) in [5, 5.41) is 3.26. The second-order valence-corrected chi connectivity index (χ2v) is 11.4. The van der Waals surface area contributed by atoms with Crippen molar-refractivity contribution in [1.29, 1.82) is 0 Å². The van der Waals surface area contributed by atoms with Gasteiger partial charge < -0.3 is 10.2 Å². The van der Waals surface area contributed by atoms with E-state index in [4.69, 9.17) is 0 Å². The van der Waals surface area contributed by atoms with E-state index >= 15 is 0 Å². The molecule has 0 amide bonds. The molecule has 3 rings (SSSR count). The average molecular weight is 571 g/mol. The van der Waals surface area contributed by atoms with Gasteiger partial charge in [-0.2, -0.15) is 11.8 Å². The summed E-state index contributed by atoms with van der Waals surface area (Å²) in [6.45, 7) is 3.60. The highest BCUT2D eigenvalue weighted by Crippen LogP contribution is 2.25. The number of hydrogen-bond donors (Lipinski definition) is 1. The molecular weight excluding hydrogens is 539 g/mol. The monoisotopic (exact) mass is 570 g/mol. The molecule has 0 spiro atoms. The molecule has 0 aromatic heterocycles. The van der Waals surface area contributed by atoms with E-state index in [0.717, 1.165) is 42.7 Å². The number of rotatable bonds is 7. The summed E-state index contributed by atoms with van der Waals surface area (Å²) >= 11 is 3.72. The number of thioether (sulfide) groups is 2. The zero-order valence-corrected chi connectivity index (χ0v) is 21.6. The molecule has 10 heteroatoms. The second kappa shape index (κ2) is 12.6.